The van der Waals surface area contributed by atoms with Crippen LogP contribution in [0.3, 0.4) is 0 Å². The zero-order valence-electron chi connectivity index (χ0n) is 11.5. The predicted octanol–water partition coefficient (Wildman–Crippen LogP) is 0.851. The van der Waals surface area contributed by atoms with Crippen molar-refractivity contribution in [2.45, 2.75) is 23.8 Å². The third-order valence-corrected chi connectivity index (χ3v) is 5.71. The Kier molecular flexibility index (Phi) is 4.62. The topological polar surface area (TPSA) is 83.6 Å². The van der Waals surface area contributed by atoms with E-state index < -0.39 is 15.8 Å². The van der Waals surface area contributed by atoms with Gasteiger partial charge in [0.2, 0.25) is 10.0 Å². The second-order valence-electron chi connectivity index (χ2n) is 5.25. The molecule has 21 heavy (non-hydrogen) atoms. The fourth-order valence-corrected chi connectivity index (χ4v) is 4.17. The Hall–Kier alpha value is -1.09. The number of aliphatic hydroxyl groups is 1. The summed E-state index contributed by atoms with van der Waals surface area (Å²) in [7, 11) is -2.46. The molecule has 0 aromatic heterocycles. The Morgan fingerprint density at radius 3 is 2.67 bits per heavy atom. The molecule has 1 aliphatic rings. The van der Waals surface area contributed by atoms with Gasteiger partial charge in [-0.2, -0.15) is 0 Å². The van der Waals surface area contributed by atoms with Crippen molar-refractivity contribution < 1.29 is 17.9 Å². The van der Waals surface area contributed by atoms with Crippen LogP contribution in [0.4, 0.5) is 4.39 Å². The van der Waals surface area contributed by atoms with Gasteiger partial charge in [-0.3, -0.25) is 0 Å². The van der Waals surface area contributed by atoms with Gasteiger partial charge in [-0.1, -0.05) is 18.3 Å². The van der Waals surface area contributed by atoms with Crippen LogP contribution in [0.25, 0.3) is 0 Å². The second kappa shape index (κ2) is 5.96. The summed E-state index contributed by atoms with van der Waals surface area (Å²) in [6, 6.07) is 3.72. The lowest BCUT2D eigenvalue weighted by molar-refractivity contribution is 0.0367. The van der Waals surface area contributed by atoms with Gasteiger partial charge in [0, 0.05) is 13.6 Å². The van der Waals surface area contributed by atoms with Gasteiger partial charge >= 0.3 is 0 Å². The molecule has 1 aromatic carbocycles. The average molecular weight is 332 g/mol. The molecule has 0 heterocycles. The highest BCUT2D eigenvalue weighted by atomic mass is 32.2. The predicted molar refractivity (Wildman–Crippen MR) is 80.8 cm³/mol. The van der Waals surface area contributed by atoms with E-state index in [-0.39, 0.29) is 34.0 Å². The van der Waals surface area contributed by atoms with Crippen LogP contribution in [0, 0.1) is 11.7 Å². The van der Waals surface area contributed by atoms with Gasteiger partial charge in [-0.05, 0) is 30.9 Å². The summed E-state index contributed by atoms with van der Waals surface area (Å²) < 4.78 is 40.1. The minimum absolute atomic E-state index is 0.113. The molecule has 0 amide bonds. The van der Waals surface area contributed by atoms with Crippen LogP contribution >= 0.6 is 12.2 Å². The molecular weight excluding hydrogens is 315 g/mol. The number of aliphatic hydroxyl groups excluding tert-OH is 1. The largest absolute Gasteiger partial charge is 0.393 e. The number of hydrogen-bond acceptors (Lipinski definition) is 4. The average Bonchev–Trinajstić information content (AvgIpc) is 2.35. The third kappa shape index (κ3) is 3.23. The molecule has 1 aromatic rings. The summed E-state index contributed by atoms with van der Waals surface area (Å²) in [6.45, 7) is 0.271. The molecule has 0 atom stereocenters. The lowest BCUT2D eigenvalue weighted by atomic mass is 9.82. The van der Waals surface area contributed by atoms with Crippen molar-refractivity contribution in [3.63, 3.8) is 0 Å². The van der Waals surface area contributed by atoms with Crippen LogP contribution in [0.2, 0.25) is 0 Å². The number of rotatable bonds is 5. The molecule has 116 valence electrons. The zero-order chi connectivity index (χ0) is 15.8. The SMILES string of the molecule is CN(CC1CC(O)C1)S(=O)(=O)c1cccc(F)c1C(N)=S. The third-order valence-electron chi connectivity index (χ3n) is 3.64. The van der Waals surface area contributed by atoms with Gasteiger partial charge in [-0.15, -0.1) is 0 Å². The summed E-state index contributed by atoms with van der Waals surface area (Å²) >= 11 is 4.75. The van der Waals surface area contributed by atoms with E-state index in [1.165, 1.54) is 19.2 Å². The van der Waals surface area contributed by atoms with Gasteiger partial charge in [0.15, 0.2) is 0 Å². The van der Waals surface area contributed by atoms with E-state index in [0.717, 1.165) is 10.4 Å². The standard InChI is InChI=1S/C13H17FN2O3S2/c1-16(7-8-5-9(17)6-8)21(18,19)11-4-2-3-10(14)12(11)13(15)20/h2-4,8-9,17H,5-7H2,1H3,(H2,15,20). The first-order valence-electron chi connectivity index (χ1n) is 6.46. The van der Waals surface area contributed by atoms with Gasteiger partial charge in [0.25, 0.3) is 0 Å². The number of sulfonamides is 1. The number of halogens is 1. The second-order valence-corrected chi connectivity index (χ2v) is 7.71. The lowest BCUT2D eigenvalue weighted by Crippen LogP contribution is -2.40. The maximum absolute atomic E-state index is 13.8. The molecule has 1 fully saturated rings. The van der Waals surface area contributed by atoms with Crippen molar-refractivity contribution in [2.24, 2.45) is 11.7 Å². The summed E-state index contributed by atoms with van der Waals surface area (Å²) in [5.41, 5.74) is 5.19. The zero-order valence-corrected chi connectivity index (χ0v) is 13.1. The molecule has 0 radical (unpaired) electrons. The maximum atomic E-state index is 13.8. The highest BCUT2D eigenvalue weighted by molar-refractivity contribution is 7.89. The van der Waals surface area contributed by atoms with Crippen molar-refractivity contribution in [3.05, 3.63) is 29.6 Å². The van der Waals surface area contributed by atoms with E-state index in [1.54, 1.807) is 0 Å². The Bertz CT molecular complexity index is 657. The highest BCUT2D eigenvalue weighted by Crippen LogP contribution is 2.30. The summed E-state index contributed by atoms with van der Waals surface area (Å²) in [6.07, 6.45) is 0.795. The normalized spacial score (nSPS) is 22.1. The molecule has 0 unspecified atom stereocenters. The molecule has 3 N–H and O–H groups in total. The molecule has 2 rings (SSSR count). The minimum Gasteiger partial charge on any atom is -0.393 e. The lowest BCUT2D eigenvalue weighted by Gasteiger charge is -2.34. The van der Waals surface area contributed by atoms with Crippen molar-refractivity contribution >= 4 is 27.2 Å². The Labute approximate surface area is 128 Å². The molecular formula is C13H17FN2O3S2. The maximum Gasteiger partial charge on any atom is 0.243 e. The molecule has 0 aliphatic heterocycles. The van der Waals surface area contributed by atoms with E-state index in [9.17, 15) is 17.9 Å². The van der Waals surface area contributed by atoms with Crippen molar-refractivity contribution in [2.75, 3.05) is 13.6 Å². The summed E-state index contributed by atoms with van der Waals surface area (Å²) in [5, 5.41) is 9.25. The van der Waals surface area contributed by atoms with Crippen LogP contribution in [0.1, 0.15) is 18.4 Å². The number of hydrogen-bond donors (Lipinski definition) is 2. The number of nitrogens with zero attached hydrogens (tertiary/aromatic N) is 1. The quantitative estimate of drug-likeness (QED) is 0.781. The minimum atomic E-state index is -3.88. The van der Waals surface area contributed by atoms with E-state index >= 15 is 0 Å². The Balaban J connectivity index is 2.31. The molecule has 0 spiro atoms. The summed E-state index contributed by atoms with van der Waals surface area (Å²) in [4.78, 5) is -0.517. The van der Waals surface area contributed by atoms with Crippen molar-refractivity contribution in [1.29, 1.82) is 0 Å². The molecule has 8 heteroatoms. The monoisotopic (exact) mass is 332 g/mol. The number of benzene rings is 1. The molecule has 1 saturated carbocycles. The van der Waals surface area contributed by atoms with Gasteiger partial charge < -0.3 is 10.8 Å². The molecule has 1 aliphatic carbocycles. The summed E-state index contributed by atoms with van der Waals surface area (Å²) in [5.74, 6) is -0.641. The number of thiocarbonyl (C=S) groups is 1. The fourth-order valence-electron chi connectivity index (χ4n) is 2.44. The van der Waals surface area contributed by atoms with E-state index in [0.29, 0.717) is 12.8 Å². The van der Waals surface area contributed by atoms with Crippen molar-refractivity contribution in [3.8, 4) is 0 Å². The van der Waals surface area contributed by atoms with Gasteiger partial charge in [0.05, 0.1) is 16.6 Å². The van der Waals surface area contributed by atoms with E-state index in [2.05, 4.69) is 0 Å². The van der Waals surface area contributed by atoms with Crippen LogP contribution in [0.5, 0.6) is 0 Å². The first-order valence-corrected chi connectivity index (χ1v) is 8.31. The van der Waals surface area contributed by atoms with Crippen LogP contribution in [0.15, 0.2) is 23.1 Å². The molecule has 0 saturated heterocycles. The van der Waals surface area contributed by atoms with Crippen molar-refractivity contribution in [1.82, 2.24) is 4.31 Å². The van der Waals surface area contributed by atoms with Crippen LogP contribution in [-0.2, 0) is 10.0 Å². The van der Waals surface area contributed by atoms with Crippen LogP contribution < -0.4 is 5.73 Å². The van der Waals surface area contributed by atoms with Crippen LogP contribution in [-0.4, -0.2) is 42.5 Å². The van der Waals surface area contributed by atoms with E-state index in [1.807, 2.05) is 0 Å². The van der Waals surface area contributed by atoms with E-state index in [4.69, 9.17) is 18.0 Å². The smallest absolute Gasteiger partial charge is 0.243 e. The Morgan fingerprint density at radius 2 is 2.14 bits per heavy atom. The fraction of sp³-hybridized carbons (Fsp3) is 0.462. The van der Waals surface area contributed by atoms with Gasteiger partial charge in [0.1, 0.15) is 10.8 Å². The number of nitrogens with two attached hydrogens (primary N) is 1. The molecule has 5 nitrogen and oxygen atoms in total. The highest BCUT2D eigenvalue weighted by Gasteiger charge is 2.33. The first kappa shape index (κ1) is 16.3. The first-order chi connectivity index (χ1) is 9.73. The van der Waals surface area contributed by atoms with Gasteiger partial charge in [-0.25, -0.2) is 17.1 Å². The molecule has 0 bridgehead atoms. The Morgan fingerprint density at radius 1 is 1.52 bits per heavy atom.